The summed E-state index contributed by atoms with van der Waals surface area (Å²) in [6, 6.07) is 4.02. The largest absolute Gasteiger partial charge is 0.405 e. The summed E-state index contributed by atoms with van der Waals surface area (Å²) in [4.78, 5) is 1.20. The van der Waals surface area contributed by atoms with Crippen LogP contribution < -0.4 is 5.73 Å². The number of hydrogen-bond acceptors (Lipinski definition) is 2. The first-order chi connectivity index (χ1) is 3.93. The van der Waals surface area contributed by atoms with Gasteiger partial charge < -0.3 is 5.73 Å². The minimum absolute atomic E-state index is 1.20. The number of hydrogen-bond donors (Lipinski definition) is 1. The summed E-state index contributed by atoms with van der Waals surface area (Å²) in [5.41, 5.74) is 5.15. The zero-order chi connectivity index (χ0) is 5.82. The number of thiophene rings is 1. The molecule has 0 saturated carbocycles. The molecule has 8 heavy (non-hydrogen) atoms. The highest BCUT2D eigenvalue weighted by atomic mass is 32.1. The second kappa shape index (κ2) is 2.52. The Morgan fingerprint density at radius 3 is 3.00 bits per heavy atom. The average molecular weight is 125 g/mol. The average Bonchev–Trinajstić information content (AvgIpc) is 2.19. The van der Waals surface area contributed by atoms with Crippen molar-refractivity contribution < 1.29 is 0 Å². The second-order valence-electron chi connectivity index (χ2n) is 1.37. The molecule has 0 radical (unpaired) electrons. The minimum Gasteiger partial charge on any atom is -0.405 e. The lowest BCUT2D eigenvalue weighted by Crippen LogP contribution is -1.72. The highest BCUT2D eigenvalue weighted by molar-refractivity contribution is 7.10. The molecule has 0 bridgehead atoms. The molecule has 0 fully saturated rings. The molecule has 0 saturated heterocycles. The van der Waals surface area contributed by atoms with Crippen LogP contribution in [0, 0.1) is 0 Å². The van der Waals surface area contributed by atoms with E-state index in [1.807, 2.05) is 23.6 Å². The molecule has 42 valence electrons. The molecule has 1 nitrogen and oxygen atoms in total. The summed E-state index contributed by atoms with van der Waals surface area (Å²) >= 11 is 1.68. The first-order valence-corrected chi connectivity index (χ1v) is 3.23. The predicted octanol–water partition coefficient (Wildman–Crippen LogP) is 1.68. The summed E-state index contributed by atoms with van der Waals surface area (Å²) in [6.45, 7) is 0. The van der Waals surface area contributed by atoms with Crippen LogP contribution in [0.1, 0.15) is 4.88 Å². The lowest BCUT2D eigenvalue weighted by atomic mass is 10.5. The molecular formula is C6H7NS. The highest BCUT2D eigenvalue weighted by Crippen LogP contribution is 2.08. The quantitative estimate of drug-likeness (QED) is 0.607. The van der Waals surface area contributed by atoms with Crippen molar-refractivity contribution in [3.63, 3.8) is 0 Å². The van der Waals surface area contributed by atoms with Crippen molar-refractivity contribution in [1.29, 1.82) is 0 Å². The van der Waals surface area contributed by atoms with E-state index in [0.29, 0.717) is 0 Å². The number of rotatable bonds is 1. The molecule has 1 rings (SSSR count). The molecule has 0 aliphatic carbocycles. The third kappa shape index (κ3) is 1.10. The lowest BCUT2D eigenvalue weighted by Gasteiger charge is -1.75. The van der Waals surface area contributed by atoms with E-state index in [1.165, 1.54) is 4.88 Å². The minimum atomic E-state index is 1.20. The maximum absolute atomic E-state index is 5.15. The molecule has 2 N–H and O–H groups in total. The standard InChI is InChI=1S/C6H7NS/c7-4-3-6-2-1-5-8-6/h1-5H,7H2/b4-3-. The highest BCUT2D eigenvalue weighted by Gasteiger charge is 1.80. The number of nitrogens with two attached hydrogens (primary N) is 1. The maximum atomic E-state index is 5.15. The lowest BCUT2D eigenvalue weighted by molar-refractivity contribution is 1.64. The molecule has 1 aromatic rings. The Morgan fingerprint density at radius 1 is 1.62 bits per heavy atom. The first kappa shape index (κ1) is 5.38. The van der Waals surface area contributed by atoms with Gasteiger partial charge in [-0.2, -0.15) is 0 Å². The van der Waals surface area contributed by atoms with Gasteiger partial charge in [0.05, 0.1) is 0 Å². The van der Waals surface area contributed by atoms with E-state index in [1.54, 1.807) is 17.5 Å². The molecule has 0 unspecified atom stereocenters. The normalized spacial score (nSPS) is 10.5. The van der Waals surface area contributed by atoms with Crippen LogP contribution in [-0.4, -0.2) is 0 Å². The monoisotopic (exact) mass is 125 g/mol. The van der Waals surface area contributed by atoms with Gasteiger partial charge in [0.1, 0.15) is 0 Å². The second-order valence-corrected chi connectivity index (χ2v) is 2.35. The van der Waals surface area contributed by atoms with Crippen molar-refractivity contribution in [2.45, 2.75) is 0 Å². The van der Waals surface area contributed by atoms with Gasteiger partial charge in [0.2, 0.25) is 0 Å². The van der Waals surface area contributed by atoms with Gasteiger partial charge in [0.25, 0.3) is 0 Å². The Kier molecular flexibility index (Phi) is 1.70. The van der Waals surface area contributed by atoms with Crippen molar-refractivity contribution in [3.05, 3.63) is 28.6 Å². The van der Waals surface area contributed by atoms with Gasteiger partial charge in [-0.25, -0.2) is 0 Å². The molecule has 1 heterocycles. The van der Waals surface area contributed by atoms with Crippen LogP contribution in [0.15, 0.2) is 23.7 Å². The molecule has 0 aliphatic rings. The van der Waals surface area contributed by atoms with Crippen molar-refractivity contribution >= 4 is 17.4 Å². The fourth-order valence-corrected chi connectivity index (χ4v) is 1.11. The SMILES string of the molecule is N/C=C\c1cccs1. The maximum Gasteiger partial charge on any atom is 0.0284 e. The molecule has 0 aromatic carbocycles. The Morgan fingerprint density at radius 2 is 2.50 bits per heavy atom. The third-order valence-electron chi connectivity index (χ3n) is 0.804. The fourth-order valence-electron chi connectivity index (χ4n) is 0.481. The van der Waals surface area contributed by atoms with E-state index in [9.17, 15) is 0 Å². The van der Waals surface area contributed by atoms with Crippen molar-refractivity contribution in [3.8, 4) is 0 Å². The van der Waals surface area contributed by atoms with E-state index >= 15 is 0 Å². The van der Waals surface area contributed by atoms with E-state index in [2.05, 4.69) is 0 Å². The zero-order valence-electron chi connectivity index (χ0n) is 4.37. The molecule has 0 aliphatic heterocycles. The molecule has 1 aromatic heterocycles. The summed E-state index contributed by atoms with van der Waals surface area (Å²) in [5, 5.41) is 2.02. The van der Waals surface area contributed by atoms with Crippen LogP contribution in [0.3, 0.4) is 0 Å². The van der Waals surface area contributed by atoms with Crippen molar-refractivity contribution in [2.24, 2.45) is 5.73 Å². The third-order valence-corrected chi connectivity index (χ3v) is 1.64. The molecular weight excluding hydrogens is 118 g/mol. The van der Waals surface area contributed by atoms with Gasteiger partial charge in [0, 0.05) is 4.88 Å². The Labute approximate surface area is 52.5 Å². The van der Waals surface area contributed by atoms with Gasteiger partial charge in [-0.1, -0.05) is 6.07 Å². The van der Waals surface area contributed by atoms with Gasteiger partial charge in [-0.05, 0) is 23.7 Å². The van der Waals surface area contributed by atoms with Gasteiger partial charge >= 0.3 is 0 Å². The van der Waals surface area contributed by atoms with E-state index in [4.69, 9.17) is 5.73 Å². The van der Waals surface area contributed by atoms with Gasteiger partial charge in [-0.15, -0.1) is 11.3 Å². The Hall–Kier alpha value is -0.760. The van der Waals surface area contributed by atoms with Gasteiger partial charge in [-0.3, -0.25) is 0 Å². The van der Waals surface area contributed by atoms with E-state index in [0.717, 1.165) is 0 Å². The predicted molar refractivity (Wildman–Crippen MR) is 37.5 cm³/mol. The Bertz CT molecular complexity index is 165. The van der Waals surface area contributed by atoms with Crippen LogP contribution in [0.4, 0.5) is 0 Å². The smallest absolute Gasteiger partial charge is 0.0284 e. The van der Waals surface area contributed by atoms with Crippen molar-refractivity contribution in [2.75, 3.05) is 0 Å². The Balaban J connectivity index is 2.77. The fraction of sp³-hybridized carbons (Fsp3) is 0. The van der Waals surface area contributed by atoms with Crippen LogP contribution >= 0.6 is 11.3 Å². The molecule has 0 atom stereocenters. The summed E-state index contributed by atoms with van der Waals surface area (Å²) in [7, 11) is 0. The molecule has 0 amide bonds. The topological polar surface area (TPSA) is 26.0 Å². The summed E-state index contributed by atoms with van der Waals surface area (Å²) in [5.74, 6) is 0. The summed E-state index contributed by atoms with van der Waals surface area (Å²) < 4.78 is 0. The molecule has 0 spiro atoms. The van der Waals surface area contributed by atoms with Crippen LogP contribution in [0.25, 0.3) is 6.08 Å². The van der Waals surface area contributed by atoms with E-state index < -0.39 is 0 Å². The zero-order valence-corrected chi connectivity index (χ0v) is 5.19. The molecule has 2 heteroatoms. The summed E-state index contributed by atoms with van der Waals surface area (Å²) in [6.07, 6.45) is 3.43. The van der Waals surface area contributed by atoms with Crippen molar-refractivity contribution in [1.82, 2.24) is 0 Å². The van der Waals surface area contributed by atoms with Gasteiger partial charge in [0.15, 0.2) is 0 Å². The van der Waals surface area contributed by atoms with Crippen LogP contribution in [-0.2, 0) is 0 Å². The van der Waals surface area contributed by atoms with Crippen LogP contribution in [0.5, 0.6) is 0 Å². The van der Waals surface area contributed by atoms with Crippen LogP contribution in [0.2, 0.25) is 0 Å². The van der Waals surface area contributed by atoms with E-state index in [-0.39, 0.29) is 0 Å². The first-order valence-electron chi connectivity index (χ1n) is 2.35.